The Morgan fingerprint density at radius 2 is 1.76 bits per heavy atom. The minimum atomic E-state index is -0.685. The molecule has 1 aromatic carbocycles. The van der Waals surface area contributed by atoms with E-state index in [0.717, 1.165) is 44.6 Å². The fourth-order valence-electron chi connectivity index (χ4n) is 6.60. The third-order valence-corrected chi connectivity index (χ3v) is 10.1. The van der Waals surface area contributed by atoms with E-state index < -0.39 is 5.54 Å². The van der Waals surface area contributed by atoms with Crippen molar-refractivity contribution in [1.29, 1.82) is 0 Å². The van der Waals surface area contributed by atoms with Gasteiger partial charge in [-0.3, -0.25) is 14.5 Å². The summed E-state index contributed by atoms with van der Waals surface area (Å²) in [6.45, 7) is 5.38. The van der Waals surface area contributed by atoms with E-state index in [4.69, 9.17) is 4.74 Å². The van der Waals surface area contributed by atoms with Crippen LogP contribution in [-0.2, 0) is 16.1 Å². The number of likely N-dealkylation sites (tertiary alicyclic amines) is 1. The molecular weight excluding hydrogens is 494 g/mol. The number of methoxy groups -OCH3 is 1. The smallest absolute Gasteiger partial charge is 0.246 e. The first kappa shape index (κ1) is 27.2. The molecule has 3 aliphatic rings. The fraction of sp³-hybridized carbons (Fsp3) is 0.613. The number of rotatable bonds is 9. The van der Waals surface area contributed by atoms with E-state index >= 15 is 0 Å². The Bertz CT molecular complexity index is 1080. The van der Waals surface area contributed by atoms with Crippen LogP contribution in [0, 0.1) is 5.92 Å². The van der Waals surface area contributed by atoms with Gasteiger partial charge in [-0.1, -0.05) is 45.4 Å². The molecule has 2 aliphatic heterocycles. The first-order valence-electron chi connectivity index (χ1n) is 14.6. The van der Waals surface area contributed by atoms with Gasteiger partial charge in [-0.2, -0.15) is 0 Å². The molecule has 0 radical (unpaired) electrons. The number of nitrogens with one attached hydrogen (secondary N) is 1. The van der Waals surface area contributed by atoms with Crippen molar-refractivity contribution in [3.05, 3.63) is 41.3 Å². The molecule has 7 heteroatoms. The number of unbranched alkanes of at least 4 members (excludes halogenated alkanes) is 1. The molecule has 2 saturated heterocycles. The number of benzene rings is 1. The Kier molecular flexibility index (Phi) is 8.74. The van der Waals surface area contributed by atoms with E-state index in [0.29, 0.717) is 25.3 Å². The standard InChI is InChI=1S/C31H43N3O3S/c1-3-4-18-34-29(35)27(21-23-8-6-5-7-9-23)32-30(36)31(34)16-19-33(20-17-31)22-26-14-15-28(38-26)24-10-12-25(37-2)13-11-24/h10-15,23,27H,3-9,16-22H2,1-2H3,(H,32,36). The highest BCUT2D eigenvalue weighted by Crippen LogP contribution is 2.37. The maximum Gasteiger partial charge on any atom is 0.246 e. The number of hydrogen-bond acceptors (Lipinski definition) is 5. The van der Waals surface area contributed by atoms with Gasteiger partial charge >= 0.3 is 0 Å². The lowest BCUT2D eigenvalue weighted by molar-refractivity contribution is -0.162. The highest BCUT2D eigenvalue weighted by atomic mass is 32.1. The normalized spacial score (nSPS) is 22.6. The van der Waals surface area contributed by atoms with Crippen molar-refractivity contribution in [2.45, 2.75) is 89.3 Å². The Hall–Kier alpha value is -2.38. The molecule has 1 aliphatic carbocycles. The van der Waals surface area contributed by atoms with Crippen LogP contribution in [0.3, 0.4) is 0 Å². The minimum absolute atomic E-state index is 0.0894. The van der Waals surface area contributed by atoms with Gasteiger partial charge in [-0.25, -0.2) is 0 Å². The Balaban J connectivity index is 1.23. The molecule has 1 atom stereocenters. The number of ether oxygens (including phenoxy) is 1. The lowest BCUT2D eigenvalue weighted by atomic mass is 9.79. The number of carbonyl (C=O) groups excluding carboxylic acids is 2. The summed E-state index contributed by atoms with van der Waals surface area (Å²) in [5.41, 5.74) is 0.515. The highest BCUT2D eigenvalue weighted by molar-refractivity contribution is 7.15. The molecule has 206 valence electrons. The first-order valence-corrected chi connectivity index (χ1v) is 15.4. The second-order valence-electron chi connectivity index (χ2n) is 11.4. The predicted octanol–water partition coefficient (Wildman–Crippen LogP) is 5.86. The van der Waals surface area contributed by atoms with Gasteiger partial charge < -0.3 is 15.0 Å². The maximum atomic E-state index is 13.8. The Morgan fingerprint density at radius 3 is 2.45 bits per heavy atom. The van der Waals surface area contributed by atoms with Crippen LogP contribution in [0.25, 0.3) is 10.4 Å². The number of thiophene rings is 1. The van der Waals surface area contributed by atoms with E-state index in [-0.39, 0.29) is 17.9 Å². The molecule has 1 unspecified atom stereocenters. The molecule has 1 N–H and O–H groups in total. The summed E-state index contributed by atoms with van der Waals surface area (Å²) in [4.78, 5) is 34.5. The molecule has 0 bridgehead atoms. The number of carbonyl (C=O) groups is 2. The van der Waals surface area contributed by atoms with Crippen molar-refractivity contribution in [3.63, 3.8) is 0 Å². The van der Waals surface area contributed by atoms with Gasteiger partial charge in [0.15, 0.2) is 0 Å². The topological polar surface area (TPSA) is 61.9 Å². The molecule has 1 spiro atoms. The average Bonchev–Trinajstić information content (AvgIpc) is 3.42. The zero-order valence-corrected chi connectivity index (χ0v) is 23.9. The number of nitrogens with zero attached hydrogens (tertiary/aromatic N) is 2. The predicted molar refractivity (Wildman–Crippen MR) is 153 cm³/mol. The monoisotopic (exact) mass is 537 g/mol. The number of amides is 2. The van der Waals surface area contributed by atoms with Crippen LogP contribution < -0.4 is 10.1 Å². The van der Waals surface area contributed by atoms with Crippen molar-refractivity contribution >= 4 is 23.2 Å². The molecule has 5 rings (SSSR count). The lowest BCUT2D eigenvalue weighted by Gasteiger charge is -2.52. The van der Waals surface area contributed by atoms with Crippen molar-refractivity contribution in [2.75, 3.05) is 26.7 Å². The SMILES string of the molecule is CCCCN1C(=O)C(CC2CCCCC2)NC(=O)C12CCN(Cc1ccc(-c3ccc(OC)cc3)s1)CC2. The molecule has 3 heterocycles. The zero-order chi connectivity index (χ0) is 26.5. The van der Waals surface area contributed by atoms with Gasteiger partial charge in [0.25, 0.3) is 0 Å². The van der Waals surface area contributed by atoms with E-state index in [9.17, 15) is 9.59 Å². The van der Waals surface area contributed by atoms with Crippen LogP contribution in [0.5, 0.6) is 5.75 Å². The molecular formula is C31H43N3O3S. The molecule has 1 saturated carbocycles. The Labute approximate surface area is 231 Å². The fourth-order valence-corrected chi connectivity index (χ4v) is 7.66. The quantitative estimate of drug-likeness (QED) is 0.436. The van der Waals surface area contributed by atoms with Gasteiger partial charge in [-0.05, 0) is 73.6 Å². The van der Waals surface area contributed by atoms with E-state index in [1.165, 1.54) is 47.4 Å². The van der Waals surface area contributed by atoms with Crippen LogP contribution in [0.1, 0.15) is 76.0 Å². The highest BCUT2D eigenvalue weighted by Gasteiger charge is 2.53. The summed E-state index contributed by atoms with van der Waals surface area (Å²) in [5.74, 6) is 1.69. The van der Waals surface area contributed by atoms with Gasteiger partial charge in [0.2, 0.25) is 11.8 Å². The van der Waals surface area contributed by atoms with Crippen molar-refractivity contribution in [1.82, 2.24) is 15.1 Å². The largest absolute Gasteiger partial charge is 0.497 e. The first-order chi connectivity index (χ1) is 18.5. The molecule has 3 fully saturated rings. The maximum absolute atomic E-state index is 13.8. The van der Waals surface area contributed by atoms with Gasteiger partial charge in [0, 0.05) is 35.9 Å². The van der Waals surface area contributed by atoms with Gasteiger partial charge in [0.1, 0.15) is 17.3 Å². The Morgan fingerprint density at radius 1 is 1.03 bits per heavy atom. The van der Waals surface area contributed by atoms with Crippen molar-refractivity contribution in [3.8, 4) is 16.2 Å². The van der Waals surface area contributed by atoms with Crippen LogP contribution in [0.4, 0.5) is 0 Å². The summed E-state index contributed by atoms with van der Waals surface area (Å²) >= 11 is 1.82. The molecule has 2 aromatic rings. The van der Waals surface area contributed by atoms with Crippen LogP contribution in [0.2, 0.25) is 0 Å². The molecule has 38 heavy (non-hydrogen) atoms. The second-order valence-corrected chi connectivity index (χ2v) is 12.6. The van der Waals surface area contributed by atoms with Crippen molar-refractivity contribution in [2.24, 2.45) is 5.92 Å². The summed E-state index contributed by atoms with van der Waals surface area (Å²) in [6, 6.07) is 12.3. The minimum Gasteiger partial charge on any atom is -0.497 e. The summed E-state index contributed by atoms with van der Waals surface area (Å²) in [6.07, 6.45) is 10.4. The molecule has 2 amide bonds. The summed E-state index contributed by atoms with van der Waals surface area (Å²) in [7, 11) is 1.69. The molecule has 6 nitrogen and oxygen atoms in total. The third kappa shape index (κ3) is 5.79. The van der Waals surface area contributed by atoms with E-state index in [1.807, 2.05) is 28.4 Å². The van der Waals surface area contributed by atoms with E-state index in [1.54, 1.807) is 7.11 Å². The molecule has 1 aromatic heterocycles. The van der Waals surface area contributed by atoms with Gasteiger partial charge in [0.05, 0.1) is 7.11 Å². The second kappa shape index (κ2) is 12.2. The van der Waals surface area contributed by atoms with Crippen LogP contribution in [-0.4, -0.2) is 59.9 Å². The number of piperazine rings is 1. The summed E-state index contributed by atoms with van der Waals surface area (Å²) in [5, 5.41) is 3.22. The third-order valence-electron chi connectivity index (χ3n) is 8.94. The number of piperidine rings is 1. The number of hydrogen-bond donors (Lipinski definition) is 1. The summed E-state index contributed by atoms with van der Waals surface area (Å²) < 4.78 is 5.29. The van der Waals surface area contributed by atoms with E-state index in [2.05, 4.69) is 41.4 Å². The van der Waals surface area contributed by atoms with Crippen LogP contribution >= 0.6 is 11.3 Å². The zero-order valence-electron chi connectivity index (χ0n) is 23.0. The van der Waals surface area contributed by atoms with Gasteiger partial charge in [-0.15, -0.1) is 11.3 Å². The van der Waals surface area contributed by atoms with Crippen molar-refractivity contribution < 1.29 is 14.3 Å². The average molecular weight is 538 g/mol. The van der Waals surface area contributed by atoms with Crippen LogP contribution in [0.15, 0.2) is 36.4 Å². The lowest BCUT2D eigenvalue weighted by Crippen LogP contribution is -2.73.